The fourth-order valence-corrected chi connectivity index (χ4v) is 4.97. The molecule has 1 aliphatic heterocycles. The number of sulfonamides is 1. The van der Waals surface area contributed by atoms with E-state index in [0.717, 1.165) is 4.90 Å². The largest absolute Gasteiger partial charge is 0.507 e. The second-order valence-electron chi connectivity index (χ2n) is 8.17. The van der Waals surface area contributed by atoms with Crippen molar-refractivity contribution in [1.82, 2.24) is 0 Å². The molecule has 38 heavy (non-hydrogen) atoms. The summed E-state index contributed by atoms with van der Waals surface area (Å²) in [5.41, 5.74) is 0.470. The van der Waals surface area contributed by atoms with E-state index in [2.05, 4.69) is 0 Å². The van der Waals surface area contributed by atoms with Gasteiger partial charge in [-0.1, -0.05) is 23.7 Å². The van der Waals surface area contributed by atoms with Gasteiger partial charge < -0.3 is 19.3 Å². The van der Waals surface area contributed by atoms with Crippen LogP contribution >= 0.6 is 11.6 Å². The number of primary sulfonamides is 1. The highest BCUT2D eigenvalue weighted by Gasteiger charge is 2.47. The number of amides is 1. The molecule has 0 bridgehead atoms. The fraction of sp³-hybridized carbons (Fsp3) is 0.154. The van der Waals surface area contributed by atoms with Crippen LogP contribution in [0.1, 0.15) is 17.2 Å². The summed E-state index contributed by atoms with van der Waals surface area (Å²) in [6.45, 7) is 0. The Morgan fingerprint density at radius 2 is 1.61 bits per heavy atom. The lowest BCUT2D eigenvalue weighted by Crippen LogP contribution is -2.29. The zero-order chi connectivity index (χ0) is 27.8. The average Bonchev–Trinajstić information content (AvgIpc) is 3.17. The van der Waals surface area contributed by atoms with Gasteiger partial charge in [-0.25, -0.2) is 13.6 Å². The molecule has 4 rings (SSSR count). The third-order valence-electron chi connectivity index (χ3n) is 6.03. The van der Waals surface area contributed by atoms with Gasteiger partial charge in [0.15, 0.2) is 0 Å². The number of carbonyl (C=O) groups is 2. The van der Waals surface area contributed by atoms with Gasteiger partial charge in [0.05, 0.1) is 48.4 Å². The first-order chi connectivity index (χ1) is 18.0. The molecule has 10 nitrogen and oxygen atoms in total. The summed E-state index contributed by atoms with van der Waals surface area (Å²) in [7, 11) is 0.250. The van der Waals surface area contributed by atoms with Gasteiger partial charge in [-0.3, -0.25) is 14.5 Å². The van der Waals surface area contributed by atoms with E-state index in [9.17, 15) is 23.1 Å². The lowest BCUT2D eigenvalue weighted by atomic mass is 9.94. The molecule has 0 radical (unpaired) electrons. The van der Waals surface area contributed by atoms with Gasteiger partial charge >= 0.3 is 0 Å². The van der Waals surface area contributed by atoms with Gasteiger partial charge in [0, 0.05) is 11.8 Å². The predicted molar refractivity (Wildman–Crippen MR) is 140 cm³/mol. The van der Waals surface area contributed by atoms with Crippen molar-refractivity contribution in [2.24, 2.45) is 5.14 Å². The van der Waals surface area contributed by atoms with E-state index in [0.29, 0.717) is 11.3 Å². The van der Waals surface area contributed by atoms with Crippen LogP contribution in [0.4, 0.5) is 5.69 Å². The number of benzene rings is 3. The number of ether oxygens (including phenoxy) is 3. The van der Waals surface area contributed by atoms with E-state index in [4.69, 9.17) is 31.0 Å². The first kappa shape index (κ1) is 27.0. The SMILES string of the molecule is COc1cccc(C2/C(=C(\O)c3cc(Cl)c(OC)cc3OC)C(=O)C(=O)N2c2ccc(S(N)(=O)=O)cc2)c1. The molecule has 3 aromatic rings. The van der Waals surface area contributed by atoms with Crippen molar-refractivity contribution in [3.05, 3.63) is 82.4 Å². The van der Waals surface area contributed by atoms with E-state index in [1.807, 2.05) is 0 Å². The van der Waals surface area contributed by atoms with Gasteiger partial charge in [-0.05, 0) is 48.0 Å². The molecule has 1 unspecified atom stereocenters. The van der Waals surface area contributed by atoms with Gasteiger partial charge in [0.2, 0.25) is 10.0 Å². The summed E-state index contributed by atoms with van der Waals surface area (Å²) in [4.78, 5) is 27.8. The van der Waals surface area contributed by atoms with Crippen molar-refractivity contribution in [2.45, 2.75) is 10.9 Å². The van der Waals surface area contributed by atoms with Gasteiger partial charge in [-0.2, -0.15) is 0 Å². The molecule has 1 heterocycles. The molecular formula is C26H23ClN2O8S. The molecule has 1 saturated heterocycles. The zero-order valence-electron chi connectivity index (χ0n) is 20.5. The van der Waals surface area contributed by atoms with Crippen LogP contribution in [0.5, 0.6) is 17.2 Å². The van der Waals surface area contributed by atoms with Crippen molar-refractivity contribution in [1.29, 1.82) is 0 Å². The monoisotopic (exact) mass is 558 g/mol. The van der Waals surface area contributed by atoms with Crippen LogP contribution in [0.3, 0.4) is 0 Å². The molecular weight excluding hydrogens is 536 g/mol. The number of anilines is 1. The predicted octanol–water partition coefficient (Wildman–Crippen LogP) is 3.64. The number of nitrogens with zero attached hydrogens (tertiary/aromatic N) is 1. The summed E-state index contributed by atoms with van der Waals surface area (Å²) in [5, 5.41) is 16.8. The van der Waals surface area contributed by atoms with E-state index >= 15 is 0 Å². The molecule has 1 fully saturated rings. The molecule has 0 spiro atoms. The Morgan fingerprint density at radius 3 is 2.18 bits per heavy atom. The first-order valence-corrected chi connectivity index (χ1v) is 12.9. The molecule has 3 N–H and O–H groups in total. The molecule has 3 aromatic carbocycles. The normalized spacial score (nSPS) is 17.0. The zero-order valence-corrected chi connectivity index (χ0v) is 22.0. The average molecular weight is 559 g/mol. The molecule has 0 aromatic heterocycles. The maximum atomic E-state index is 13.4. The lowest BCUT2D eigenvalue weighted by Gasteiger charge is -2.26. The third-order valence-corrected chi connectivity index (χ3v) is 7.25. The highest BCUT2D eigenvalue weighted by Crippen LogP contribution is 2.45. The number of aliphatic hydroxyl groups excluding tert-OH is 1. The lowest BCUT2D eigenvalue weighted by molar-refractivity contribution is -0.132. The molecule has 1 atom stereocenters. The summed E-state index contributed by atoms with van der Waals surface area (Å²) in [5.74, 6) is -1.57. The highest BCUT2D eigenvalue weighted by atomic mass is 35.5. The highest BCUT2D eigenvalue weighted by molar-refractivity contribution is 7.89. The number of methoxy groups -OCH3 is 3. The Morgan fingerprint density at radius 1 is 0.947 bits per heavy atom. The Bertz CT molecular complexity index is 1570. The van der Waals surface area contributed by atoms with Crippen molar-refractivity contribution in [3.63, 3.8) is 0 Å². The Kier molecular flexibility index (Phi) is 7.36. The maximum absolute atomic E-state index is 13.4. The summed E-state index contributed by atoms with van der Waals surface area (Å²) < 4.78 is 39.4. The Balaban J connectivity index is 1.98. The van der Waals surface area contributed by atoms with Gasteiger partial charge in [0.25, 0.3) is 11.7 Å². The standard InChI is InChI=1S/C26H23ClN2O8S/c1-35-16-6-4-5-14(11-16)23-22(24(30)18-12-19(27)21(37-3)13-20(18)36-2)25(31)26(32)29(23)15-7-9-17(10-8-15)38(28,33)34/h4-13,23,30H,1-3H3,(H2,28,33,34)/b24-22+. The number of Topliss-reactive ketones (excluding diaryl/α,β-unsaturated/α-hetero) is 1. The number of ketones is 1. The minimum Gasteiger partial charge on any atom is -0.507 e. The van der Waals surface area contributed by atoms with Crippen molar-refractivity contribution >= 4 is 44.8 Å². The van der Waals surface area contributed by atoms with Crippen molar-refractivity contribution < 1.29 is 37.3 Å². The third kappa shape index (κ3) is 4.78. The number of hydrogen-bond acceptors (Lipinski definition) is 8. The van der Waals surface area contributed by atoms with E-state index in [1.165, 1.54) is 57.7 Å². The van der Waals surface area contributed by atoms with Crippen molar-refractivity contribution in [3.8, 4) is 17.2 Å². The van der Waals surface area contributed by atoms with E-state index in [-0.39, 0.29) is 38.2 Å². The second kappa shape index (κ2) is 10.4. The fourth-order valence-electron chi connectivity index (χ4n) is 4.21. The quantitative estimate of drug-likeness (QED) is 0.254. The number of hydrogen-bond donors (Lipinski definition) is 2. The number of halogens is 1. The van der Waals surface area contributed by atoms with Crippen molar-refractivity contribution in [2.75, 3.05) is 26.2 Å². The Hall–Kier alpha value is -4.06. The minimum atomic E-state index is -3.99. The summed E-state index contributed by atoms with van der Waals surface area (Å²) in [6, 6.07) is 13.5. The van der Waals surface area contributed by atoms with Crippen LogP contribution in [0.2, 0.25) is 5.02 Å². The van der Waals surface area contributed by atoms with E-state index in [1.54, 1.807) is 24.3 Å². The van der Waals surface area contributed by atoms with Crippen LogP contribution in [-0.2, 0) is 19.6 Å². The summed E-state index contributed by atoms with van der Waals surface area (Å²) >= 11 is 6.29. The number of nitrogens with two attached hydrogens (primary N) is 1. The second-order valence-corrected chi connectivity index (χ2v) is 10.1. The number of carbonyl (C=O) groups excluding carboxylic acids is 2. The number of aliphatic hydroxyl groups is 1. The van der Waals surface area contributed by atoms with Crippen LogP contribution in [-0.4, -0.2) is 46.5 Å². The minimum absolute atomic E-state index is 0.0637. The number of rotatable bonds is 7. The first-order valence-electron chi connectivity index (χ1n) is 11.0. The Labute approximate surface area is 223 Å². The van der Waals surface area contributed by atoms with Gasteiger partial charge in [-0.15, -0.1) is 0 Å². The topological polar surface area (TPSA) is 145 Å². The molecule has 1 amide bonds. The molecule has 1 aliphatic rings. The van der Waals surface area contributed by atoms with Crippen LogP contribution < -0.4 is 24.2 Å². The van der Waals surface area contributed by atoms with Gasteiger partial charge in [0.1, 0.15) is 23.0 Å². The van der Waals surface area contributed by atoms with Crippen LogP contribution in [0.25, 0.3) is 5.76 Å². The van der Waals surface area contributed by atoms with Crippen LogP contribution in [0, 0.1) is 0 Å². The molecule has 12 heteroatoms. The maximum Gasteiger partial charge on any atom is 0.300 e. The molecule has 198 valence electrons. The van der Waals surface area contributed by atoms with Crippen LogP contribution in [0.15, 0.2) is 71.1 Å². The van der Waals surface area contributed by atoms with E-state index < -0.39 is 33.5 Å². The molecule has 0 saturated carbocycles. The smallest absolute Gasteiger partial charge is 0.300 e. The summed E-state index contributed by atoms with van der Waals surface area (Å²) in [6.07, 6.45) is 0. The molecule has 0 aliphatic carbocycles.